The van der Waals surface area contributed by atoms with Crippen LogP contribution in [0.15, 0.2) is 36.4 Å². The van der Waals surface area contributed by atoms with Crippen LogP contribution in [0.5, 0.6) is 0 Å². The minimum absolute atomic E-state index is 0.126. The van der Waals surface area contributed by atoms with Gasteiger partial charge in [0.25, 0.3) is 5.91 Å². The van der Waals surface area contributed by atoms with Gasteiger partial charge in [0.05, 0.1) is 0 Å². The number of carbonyl (C=O) groups excluding carboxylic acids is 1. The maximum absolute atomic E-state index is 12.4. The lowest BCUT2D eigenvalue weighted by Gasteiger charge is -2.14. The smallest absolute Gasteiger partial charge is 0.270 e. The molecule has 1 fully saturated rings. The Bertz CT molecular complexity index is 683. The van der Waals surface area contributed by atoms with Crippen molar-refractivity contribution in [2.75, 3.05) is 5.32 Å². The molecule has 1 aliphatic rings. The Morgan fingerprint density at radius 3 is 2.65 bits per heavy atom. The molecule has 23 heavy (non-hydrogen) atoms. The van der Waals surface area contributed by atoms with Gasteiger partial charge in [-0.2, -0.15) is 0 Å². The number of aromatic nitrogens is 2. The summed E-state index contributed by atoms with van der Waals surface area (Å²) < 4.78 is 0. The summed E-state index contributed by atoms with van der Waals surface area (Å²) in [6.07, 6.45) is 3.09. The minimum Gasteiger partial charge on any atom is -0.367 e. The first kappa shape index (κ1) is 15.5. The van der Waals surface area contributed by atoms with Crippen LogP contribution in [-0.2, 0) is 0 Å². The summed E-state index contributed by atoms with van der Waals surface area (Å²) in [4.78, 5) is 21.4. The molecule has 5 nitrogen and oxygen atoms in total. The fourth-order valence-corrected chi connectivity index (χ4v) is 2.20. The molecule has 0 saturated heterocycles. The van der Waals surface area contributed by atoms with Gasteiger partial charge in [-0.1, -0.05) is 37.3 Å². The molecule has 0 bridgehead atoms. The van der Waals surface area contributed by atoms with Gasteiger partial charge in [-0.15, -0.1) is 0 Å². The van der Waals surface area contributed by atoms with Crippen molar-refractivity contribution < 1.29 is 4.79 Å². The Labute approximate surface area is 136 Å². The molecule has 1 heterocycles. The minimum atomic E-state index is -0.126. The van der Waals surface area contributed by atoms with E-state index in [0.29, 0.717) is 23.4 Å². The number of nitrogens with zero attached hydrogens (tertiary/aromatic N) is 2. The maximum atomic E-state index is 12.4. The summed E-state index contributed by atoms with van der Waals surface area (Å²) in [5.74, 6) is 1.13. The summed E-state index contributed by atoms with van der Waals surface area (Å²) in [7, 11) is 0. The molecule has 0 aliphatic heterocycles. The lowest BCUT2D eigenvalue weighted by Crippen LogP contribution is -2.27. The third kappa shape index (κ3) is 4.06. The normalized spacial score (nSPS) is 15.0. The van der Waals surface area contributed by atoms with Crippen molar-refractivity contribution in [2.45, 2.75) is 45.2 Å². The molecular weight excluding hydrogens is 288 g/mol. The summed E-state index contributed by atoms with van der Waals surface area (Å²) >= 11 is 0. The van der Waals surface area contributed by atoms with E-state index in [1.54, 1.807) is 6.07 Å². The average Bonchev–Trinajstić information content (AvgIpc) is 3.39. The average molecular weight is 310 g/mol. The zero-order chi connectivity index (χ0) is 16.2. The van der Waals surface area contributed by atoms with Gasteiger partial charge >= 0.3 is 0 Å². The Morgan fingerprint density at radius 1 is 1.26 bits per heavy atom. The van der Waals surface area contributed by atoms with Crippen LogP contribution in [0.1, 0.15) is 43.6 Å². The molecule has 1 atom stereocenters. The van der Waals surface area contributed by atoms with Gasteiger partial charge in [-0.25, -0.2) is 9.97 Å². The van der Waals surface area contributed by atoms with Crippen molar-refractivity contribution >= 4 is 11.7 Å². The van der Waals surface area contributed by atoms with E-state index in [0.717, 1.165) is 24.8 Å². The number of hydrogen-bond donors (Lipinski definition) is 2. The van der Waals surface area contributed by atoms with Crippen LogP contribution in [0.3, 0.4) is 0 Å². The van der Waals surface area contributed by atoms with Crippen LogP contribution in [0.4, 0.5) is 5.82 Å². The van der Waals surface area contributed by atoms with Crippen molar-refractivity contribution in [1.82, 2.24) is 15.3 Å². The molecule has 1 aliphatic carbocycles. The summed E-state index contributed by atoms with van der Waals surface area (Å²) in [5.41, 5.74) is 1.32. The van der Waals surface area contributed by atoms with Gasteiger partial charge in [0, 0.05) is 23.7 Å². The first-order chi connectivity index (χ1) is 11.2. The molecule has 1 aromatic heterocycles. The van der Waals surface area contributed by atoms with Gasteiger partial charge in [0.1, 0.15) is 11.5 Å². The van der Waals surface area contributed by atoms with E-state index in [2.05, 4.69) is 34.4 Å². The van der Waals surface area contributed by atoms with E-state index in [1.165, 1.54) is 0 Å². The molecule has 5 heteroatoms. The zero-order valence-corrected chi connectivity index (χ0v) is 13.5. The molecular formula is C18H22N4O. The quantitative estimate of drug-likeness (QED) is 0.859. The number of carbonyl (C=O) groups is 1. The molecule has 3 rings (SSSR count). The van der Waals surface area contributed by atoms with Crippen LogP contribution in [0, 0.1) is 0 Å². The van der Waals surface area contributed by atoms with E-state index in [-0.39, 0.29) is 11.9 Å². The van der Waals surface area contributed by atoms with Crippen molar-refractivity contribution in [3.8, 4) is 11.4 Å². The maximum Gasteiger partial charge on any atom is 0.270 e. The van der Waals surface area contributed by atoms with Gasteiger partial charge in [-0.05, 0) is 26.2 Å². The zero-order valence-electron chi connectivity index (χ0n) is 13.5. The van der Waals surface area contributed by atoms with E-state index < -0.39 is 0 Å². The second-order valence-electron chi connectivity index (χ2n) is 6.03. The number of amides is 1. The van der Waals surface area contributed by atoms with Crippen LogP contribution in [0.25, 0.3) is 11.4 Å². The molecule has 120 valence electrons. The lowest BCUT2D eigenvalue weighted by atomic mass is 10.2. The third-order valence-electron chi connectivity index (χ3n) is 3.91. The number of anilines is 1. The monoisotopic (exact) mass is 310 g/mol. The third-order valence-corrected chi connectivity index (χ3v) is 3.91. The molecule has 2 N–H and O–H groups in total. The van der Waals surface area contributed by atoms with Gasteiger partial charge in [0.15, 0.2) is 5.82 Å². The fourth-order valence-electron chi connectivity index (χ4n) is 2.20. The van der Waals surface area contributed by atoms with E-state index in [4.69, 9.17) is 0 Å². The molecule has 2 aromatic rings. The fraction of sp³-hybridized carbons (Fsp3) is 0.389. The SMILES string of the molecule is CCC(C)Nc1cc(C(=O)NC2CC2)nc(-c2ccccc2)n1. The first-order valence-corrected chi connectivity index (χ1v) is 8.17. The number of hydrogen-bond acceptors (Lipinski definition) is 4. The Kier molecular flexibility index (Phi) is 4.55. The summed E-state index contributed by atoms with van der Waals surface area (Å²) in [6.45, 7) is 4.20. The van der Waals surface area contributed by atoms with E-state index in [9.17, 15) is 4.79 Å². The van der Waals surface area contributed by atoms with Crippen LogP contribution in [-0.4, -0.2) is 28.0 Å². The second-order valence-corrected chi connectivity index (χ2v) is 6.03. The predicted octanol–water partition coefficient (Wildman–Crippen LogP) is 3.25. The second kappa shape index (κ2) is 6.77. The Hall–Kier alpha value is -2.43. The van der Waals surface area contributed by atoms with Crippen LogP contribution >= 0.6 is 0 Å². The van der Waals surface area contributed by atoms with Crippen molar-refractivity contribution in [3.05, 3.63) is 42.1 Å². The Balaban J connectivity index is 1.93. The van der Waals surface area contributed by atoms with Gasteiger partial charge in [0.2, 0.25) is 0 Å². The Morgan fingerprint density at radius 2 is 2.00 bits per heavy atom. The van der Waals surface area contributed by atoms with E-state index in [1.807, 2.05) is 30.3 Å². The number of benzene rings is 1. The number of rotatable bonds is 6. The van der Waals surface area contributed by atoms with Gasteiger partial charge < -0.3 is 10.6 Å². The van der Waals surface area contributed by atoms with Crippen molar-refractivity contribution in [1.29, 1.82) is 0 Å². The standard InChI is InChI=1S/C18H22N4O/c1-3-12(2)19-16-11-15(18(23)20-14-9-10-14)21-17(22-16)13-7-5-4-6-8-13/h4-8,11-12,14H,3,9-10H2,1-2H3,(H,20,23)(H,19,21,22). The highest BCUT2D eigenvalue weighted by atomic mass is 16.2. The van der Waals surface area contributed by atoms with Crippen LogP contribution in [0.2, 0.25) is 0 Å². The lowest BCUT2D eigenvalue weighted by molar-refractivity contribution is 0.0946. The van der Waals surface area contributed by atoms with Gasteiger partial charge in [-0.3, -0.25) is 4.79 Å². The highest BCUT2D eigenvalue weighted by molar-refractivity contribution is 5.93. The summed E-state index contributed by atoms with van der Waals surface area (Å²) in [5, 5.41) is 6.32. The predicted molar refractivity (Wildman–Crippen MR) is 91.3 cm³/mol. The highest BCUT2D eigenvalue weighted by Gasteiger charge is 2.25. The molecule has 1 unspecified atom stereocenters. The molecule has 1 aromatic carbocycles. The molecule has 1 saturated carbocycles. The van der Waals surface area contributed by atoms with E-state index >= 15 is 0 Å². The number of nitrogens with one attached hydrogen (secondary N) is 2. The molecule has 0 spiro atoms. The molecule has 0 radical (unpaired) electrons. The van der Waals surface area contributed by atoms with Crippen molar-refractivity contribution in [3.63, 3.8) is 0 Å². The largest absolute Gasteiger partial charge is 0.367 e. The molecule has 1 amide bonds. The topological polar surface area (TPSA) is 66.9 Å². The first-order valence-electron chi connectivity index (χ1n) is 8.17. The highest BCUT2D eigenvalue weighted by Crippen LogP contribution is 2.21. The summed E-state index contributed by atoms with van der Waals surface area (Å²) in [6, 6.07) is 12.1. The van der Waals surface area contributed by atoms with Crippen molar-refractivity contribution in [2.24, 2.45) is 0 Å². The van der Waals surface area contributed by atoms with Crippen LogP contribution < -0.4 is 10.6 Å².